The highest BCUT2D eigenvalue weighted by Gasteiger charge is 2.19. The van der Waals surface area contributed by atoms with E-state index in [0.29, 0.717) is 0 Å². The molecule has 0 aliphatic heterocycles. The first-order valence-corrected chi connectivity index (χ1v) is 4.32. The van der Waals surface area contributed by atoms with E-state index >= 15 is 0 Å². The molecular formula is C9H15NO4. The van der Waals surface area contributed by atoms with Gasteiger partial charge in [0.25, 0.3) is 0 Å². The van der Waals surface area contributed by atoms with Crippen molar-refractivity contribution in [2.75, 3.05) is 6.61 Å². The Morgan fingerprint density at radius 2 is 2.07 bits per heavy atom. The molecule has 80 valence electrons. The SMILES string of the molecule is C/C=C(\N)C(=O)O[C@H](C)C(=O)OCC. The normalized spacial score (nSPS) is 13.2. The number of esters is 2. The van der Waals surface area contributed by atoms with Gasteiger partial charge in [-0.15, -0.1) is 0 Å². The standard InChI is InChI=1S/C9H15NO4/c1-4-7(10)9(12)14-6(3)8(11)13-5-2/h4,6H,5,10H2,1-3H3/b7-4-/t6-/m1/s1. The molecule has 0 saturated heterocycles. The molecule has 0 rings (SSSR count). The van der Waals surface area contributed by atoms with Crippen LogP contribution in [-0.2, 0) is 19.1 Å². The molecule has 0 radical (unpaired) electrons. The van der Waals surface area contributed by atoms with E-state index < -0.39 is 18.0 Å². The maximum atomic E-state index is 11.1. The van der Waals surface area contributed by atoms with E-state index in [4.69, 9.17) is 10.5 Å². The van der Waals surface area contributed by atoms with Crippen LogP contribution in [0.1, 0.15) is 20.8 Å². The summed E-state index contributed by atoms with van der Waals surface area (Å²) in [7, 11) is 0. The zero-order valence-electron chi connectivity index (χ0n) is 8.57. The maximum Gasteiger partial charge on any atom is 0.354 e. The summed E-state index contributed by atoms with van der Waals surface area (Å²) < 4.78 is 9.35. The molecule has 0 aromatic heterocycles. The Labute approximate surface area is 82.9 Å². The molecule has 14 heavy (non-hydrogen) atoms. The van der Waals surface area contributed by atoms with Crippen LogP contribution >= 0.6 is 0 Å². The average Bonchev–Trinajstić information content (AvgIpc) is 2.16. The molecule has 0 fully saturated rings. The third kappa shape index (κ3) is 3.93. The fourth-order valence-electron chi connectivity index (χ4n) is 0.654. The molecule has 5 nitrogen and oxygen atoms in total. The van der Waals surface area contributed by atoms with Gasteiger partial charge < -0.3 is 15.2 Å². The number of carbonyl (C=O) groups excluding carboxylic acids is 2. The number of carbonyl (C=O) groups is 2. The highest BCUT2D eigenvalue weighted by Crippen LogP contribution is 1.98. The Balaban J connectivity index is 4.12. The molecule has 0 spiro atoms. The average molecular weight is 201 g/mol. The molecule has 0 aromatic rings. The Hall–Kier alpha value is -1.52. The molecule has 1 atom stereocenters. The zero-order chi connectivity index (χ0) is 11.1. The van der Waals surface area contributed by atoms with Crippen molar-refractivity contribution in [2.45, 2.75) is 26.9 Å². The molecule has 0 aliphatic rings. The second-order valence-electron chi connectivity index (χ2n) is 2.54. The minimum Gasteiger partial charge on any atom is -0.463 e. The number of nitrogens with two attached hydrogens (primary N) is 1. The van der Waals surface area contributed by atoms with Crippen molar-refractivity contribution in [3.05, 3.63) is 11.8 Å². The number of rotatable bonds is 4. The van der Waals surface area contributed by atoms with E-state index in [2.05, 4.69) is 4.74 Å². The summed E-state index contributed by atoms with van der Waals surface area (Å²) in [5, 5.41) is 0. The molecular weight excluding hydrogens is 186 g/mol. The number of hydrogen-bond acceptors (Lipinski definition) is 5. The van der Waals surface area contributed by atoms with Crippen molar-refractivity contribution < 1.29 is 19.1 Å². The van der Waals surface area contributed by atoms with Crippen LogP contribution in [0.25, 0.3) is 0 Å². The molecule has 5 heteroatoms. The van der Waals surface area contributed by atoms with Crippen molar-refractivity contribution >= 4 is 11.9 Å². The first kappa shape index (κ1) is 12.5. The van der Waals surface area contributed by atoms with E-state index in [-0.39, 0.29) is 12.3 Å². The second kappa shape index (κ2) is 6.01. The maximum absolute atomic E-state index is 11.1. The zero-order valence-corrected chi connectivity index (χ0v) is 8.57. The van der Waals surface area contributed by atoms with Gasteiger partial charge in [0, 0.05) is 0 Å². The second-order valence-corrected chi connectivity index (χ2v) is 2.54. The molecule has 0 aliphatic carbocycles. The predicted molar refractivity (Wildman–Crippen MR) is 50.1 cm³/mol. The van der Waals surface area contributed by atoms with Crippen LogP contribution < -0.4 is 5.73 Å². The van der Waals surface area contributed by atoms with E-state index in [1.54, 1.807) is 13.8 Å². The molecule has 0 unspecified atom stereocenters. The summed E-state index contributed by atoms with van der Waals surface area (Å²) in [5.41, 5.74) is 5.25. The summed E-state index contributed by atoms with van der Waals surface area (Å²) in [6.45, 7) is 4.96. The Morgan fingerprint density at radius 3 is 2.50 bits per heavy atom. The Morgan fingerprint density at radius 1 is 1.50 bits per heavy atom. The van der Waals surface area contributed by atoms with Crippen molar-refractivity contribution in [2.24, 2.45) is 5.73 Å². The monoisotopic (exact) mass is 201 g/mol. The van der Waals surface area contributed by atoms with Gasteiger partial charge in [-0.05, 0) is 20.8 Å². The number of hydrogen-bond donors (Lipinski definition) is 1. The lowest BCUT2D eigenvalue weighted by atomic mass is 10.4. The van der Waals surface area contributed by atoms with Gasteiger partial charge in [0.05, 0.1) is 6.61 Å². The van der Waals surface area contributed by atoms with Crippen molar-refractivity contribution in [3.8, 4) is 0 Å². The predicted octanol–water partition coefficient (Wildman–Crippen LogP) is 0.344. The first-order chi connectivity index (χ1) is 6.52. The molecule has 0 aromatic carbocycles. The van der Waals surface area contributed by atoms with Gasteiger partial charge in [0.2, 0.25) is 0 Å². The summed E-state index contributed by atoms with van der Waals surface area (Å²) in [4.78, 5) is 22.1. The highest BCUT2D eigenvalue weighted by atomic mass is 16.6. The summed E-state index contributed by atoms with van der Waals surface area (Å²) in [6, 6.07) is 0. The van der Waals surface area contributed by atoms with Crippen molar-refractivity contribution in [1.29, 1.82) is 0 Å². The minimum absolute atomic E-state index is 0.0267. The van der Waals surface area contributed by atoms with Gasteiger partial charge in [0.1, 0.15) is 5.70 Å². The van der Waals surface area contributed by atoms with Crippen LogP contribution in [0, 0.1) is 0 Å². The topological polar surface area (TPSA) is 78.6 Å². The van der Waals surface area contributed by atoms with Gasteiger partial charge in [-0.1, -0.05) is 6.08 Å². The fourth-order valence-corrected chi connectivity index (χ4v) is 0.654. The largest absolute Gasteiger partial charge is 0.463 e. The Bertz CT molecular complexity index is 247. The lowest BCUT2D eigenvalue weighted by molar-refractivity contribution is -0.164. The van der Waals surface area contributed by atoms with Crippen LogP contribution in [0.4, 0.5) is 0 Å². The van der Waals surface area contributed by atoms with Crippen molar-refractivity contribution in [3.63, 3.8) is 0 Å². The molecule has 2 N–H and O–H groups in total. The van der Waals surface area contributed by atoms with Crippen LogP contribution in [0.3, 0.4) is 0 Å². The van der Waals surface area contributed by atoms with E-state index in [9.17, 15) is 9.59 Å². The lowest BCUT2D eigenvalue weighted by Crippen LogP contribution is -2.28. The molecule has 0 heterocycles. The van der Waals surface area contributed by atoms with Gasteiger partial charge in [-0.25, -0.2) is 9.59 Å². The van der Waals surface area contributed by atoms with Gasteiger partial charge in [0.15, 0.2) is 6.10 Å². The summed E-state index contributed by atoms with van der Waals surface area (Å²) in [5.74, 6) is -1.29. The van der Waals surface area contributed by atoms with Crippen molar-refractivity contribution in [1.82, 2.24) is 0 Å². The third-order valence-corrected chi connectivity index (χ3v) is 1.45. The highest BCUT2D eigenvalue weighted by molar-refractivity contribution is 5.89. The van der Waals surface area contributed by atoms with Gasteiger partial charge >= 0.3 is 11.9 Å². The number of allylic oxidation sites excluding steroid dienone is 1. The quantitative estimate of drug-likeness (QED) is 0.524. The van der Waals surface area contributed by atoms with Crippen LogP contribution in [0.5, 0.6) is 0 Å². The lowest BCUT2D eigenvalue weighted by Gasteiger charge is -2.11. The number of ether oxygens (including phenoxy) is 2. The smallest absolute Gasteiger partial charge is 0.354 e. The fraction of sp³-hybridized carbons (Fsp3) is 0.556. The Kier molecular flexibility index (Phi) is 5.36. The van der Waals surface area contributed by atoms with Crippen LogP contribution in [-0.4, -0.2) is 24.6 Å². The first-order valence-electron chi connectivity index (χ1n) is 4.32. The van der Waals surface area contributed by atoms with Crippen LogP contribution in [0.2, 0.25) is 0 Å². The van der Waals surface area contributed by atoms with E-state index in [0.717, 1.165) is 0 Å². The van der Waals surface area contributed by atoms with E-state index in [1.807, 2.05) is 0 Å². The molecule has 0 saturated carbocycles. The summed E-state index contributed by atoms with van der Waals surface area (Å²) >= 11 is 0. The van der Waals surface area contributed by atoms with Gasteiger partial charge in [-0.3, -0.25) is 0 Å². The summed E-state index contributed by atoms with van der Waals surface area (Å²) in [6.07, 6.45) is 0.473. The minimum atomic E-state index is -0.930. The molecule has 0 amide bonds. The molecule has 0 bridgehead atoms. The third-order valence-electron chi connectivity index (χ3n) is 1.45. The van der Waals surface area contributed by atoms with Crippen LogP contribution in [0.15, 0.2) is 11.8 Å². The van der Waals surface area contributed by atoms with Gasteiger partial charge in [-0.2, -0.15) is 0 Å². The van der Waals surface area contributed by atoms with E-state index in [1.165, 1.54) is 13.0 Å².